The van der Waals surface area contributed by atoms with E-state index in [2.05, 4.69) is 60.7 Å². The van der Waals surface area contributed by atoms with E-state index in [1.54, 1.807) is 0 Å². The number of hydrogen-bond acceptors (Lipinski definition) is 3. The Morgan fingerprint density at radius 1 is 1.05 bits per heavy atom. The summed E-state index contributed by atoms with van der Waals surface area (Å²) in [7, 11) is 0. The summed E-state index contributed by atoms with van der Waals surface area (Å²) in [5.74, 6) is 0. The summed E-state index contributed by atoms with van der Waals surface area (Å²) in [4.78, 5) is 4.26. The van der Waals surface area contributed by atoms with Crippen molar-refractivity contribution in [3.63, 3.8) is 0 Å². The maximum atomic E-state index is 4.26. The SMILES string of the molecule is CCCNc1cncc(Nc2cc(C)ccc2C)c1. The van der Waals surface area contributed by atoms with Gasteiger partial charge in [-0.25, -0.2) is 0 Å². The van der Waals surface area contributed by atoms with Crippen molar-refractivity contribution in [2.75, 3.05) is 17.2 Å². The number of pyridine rings is 1. The zero-order valence-electron chi connectivity index (χ0n) is 11.8. The van der Waals surface area contributed by atoms with Gasteiger partial charge >= 0.3 is 0 Å². The van der Waals surface area contributed by atoms with Crippen molar-refractivity contribution in [2.45, 2.75) is 27.2 Å². The molecule has 0 saturated heterocycles. The van der Waals surface area contributed by atoms with E-state index < -0.39 is 0 Å². The molecule has 1 heterocycles. The average molecular weight is 255 g/mol. The lowest BCUT2D eigenvalue weighted by molar-refractivity contribution is 0.978. The predicted molar refractivity (Wildman–Crippen MR) is 82.2 cm³/mol. The number of hydrogen-bond donors (Lipinski definition) is 2. The normalized spacial score (nSPS) is 10.3. The topological polar surface area (TPSA) is 37.0 Å². The third-order valence-corrected chi connectivity index (χ3v) is 2.99. The smallest absolute Gasteiger partial charge is 0.0591 e. The summed E-state index contributed by atoms with van der Waals surface area (Å²) >= 11 is 0. The van der Waals surface area contributed by atoms with Crippen LogP contribution < -0.4 is 10.6 Å². The first-order valence-corrected chi connectivity index (χ1v) is 6.72. The molecule has 0 bridgehead atoms. The number of nitrogens with zero attached hydrogens (tertiary/aromatic N) is 1. The van der Waals surface area contributed by atoms with E-state index in [0.29, 0.717) is 0 Å². The van der Waals surface area contributed by atoms with Crippen LogP contribution in [0.2, 0.25) is 0 Å². The molecular formula is C16H21N3. The maximum absolute atomic E-state index is 4.26. The summed E-state index contributed by atoms with van der Waals surface area (Å²) in [6.45, 7) is 7.32. The van der Waals surface area contributed by atoms with E-state index in [-0.39, 0.29) is 0 Å². The fourth-order valence-electron chi connectivity index (χ4n) is 1.90. The molecule has 2 N–H and O–H groups in total. The van der Waals surface area contributed by atoms with E-state index in [9.17, 15) is 0 Å². The molecule has 0 radical (unpaired) electrons. The first kappa shape index (κ1) is 13.4. The van der Waals surface area contributed by atoms with Crippen LogP contribution in [0.3, 0.4) is 0 Å². The summed E-state index contributed by atoms with van der Waals surface area (Å²) in [5, 5.41) is 6.77. The lowest BCUT2D eigenvalue weighted by Gasteiger charge is -2.12. The van der Waals surface area contributed by atoms with Crippen LogP contribution in [-0.4, -0.2) is 11.5 Å². The number of rotatable bonds is 5. The summed E-state index contributed by atoms with van der Waals surface area (Å²) in [6, 6.07) is 8.49. The van der Waals surface area contributed by atoms with Crippen LogP contribution in [0.4, 0.5) is 17.1 Å². The van der Waals surface area contributed by atoms with Crippen molar-refractivity contribution >= 4 is 17.1 Å². The standard InChI is InChI=1S/C16H21N3/c1-4-7-18-14-9-15(11-17-10-14)19-16-8-12(2)5-6-13(16)3/h5-6,8-11,18-19H,4,7H2,1-3H3. The van der Waals surface area contributed by atoms with E-state index in [1.807, 2.05) is 12.4 Å². The lowest BCUT2D eigenvalue weighted by Crippen LogP contribution is -2.01. The van der Waals surface area contributed by atoms with Crippen LogP contribution in [0.5, 0.6) is 0 Å². The van der Waals surface area contributed by atoms with Crippen molar-refractivity contribution in [1.29, 1.82) is 0 Å². The lowest BCUT2D eigenvalue weighted by atomic mass is 10.1. The highest BCUT2D eigenvalue weighted by molar-refractivity contribution is 5.66. The Bertz CT molecular complexity index is 549. The van der Waals surface area contributed by atoms with Gasteiger partial charge in [0.1, 0.15) is 0 Å². The minimum absolute atomic E-state index is 0.967. The molecule has 3 heteroatoms. The number of aryl methyl sites for hydroxylation is 2. The molecule has 0 spiro atoms. The fraction of sp³-hybridized carbons (Fsp3) is 0.312. The van der Waals surface area contributed by atoms with E-state index in [4.69, 9.17) is 0 Å². The third-order valence-electron chi connectivity index (χ3n) is 2.99. The zero-order chi connectivity index (χ0) is 13.7. The molecule has 1 aromatic heterocycles. The summed E-state index contributed by atoms with van der Waals surface area (Å²) in [5.41, 5.74) is 5.68. The van der Waals surface area contributed by atoms with Gasteiger partial charge in [-0.3, -0.25) is 4.98 Å². The molecule has 0 amide bonds. The number of nitrogens with one attached hydrogen (secondary N) is 2. The Balaban J connectivity index is 2.16. The molecule has 3 nitrogen and oxygen atoms in total. The first-order chi connectivity index (χ1) is 9.19. The molecule has 2 aromatic rings. The molecule has 0 aliphatic carbocycles. The second-order valence-corrected chi connectivity index (χ2v) is 4.83. The van der Waals surface area contributed by atoms with E-state index in [1.165, 1.54) is 11.1 Å². The van der Waals surface area contributed by atoms with Gasteiger partial charge in [-0.05, 0) is 43.5 Å². The van der Waals surface area contributed by atoms with Gasteiger partial charge in [-0.15, -0.1) is 0 Å². The van der Waals surface area contributed by atoms with Gasteiger partial charge in [0.15, 0.2) is 0 Å². The van der Waals surface area contributed by atoms with Gasteiger partial charge in [0.05, 0.1) is 23.8 Å². The molecule has 19 heavy (non-hydrogen) atoms. The van der Waals surface area contributed by atoms with Crippen LogP contribution >= 0.6 is 0 Å². The first-order valence-electron chi connectivity index (χ1n) is 6.72. The molecule has 0 aliphatic rings. The van der Waals surface area contributed by atoms with Crippen molar-refractivity contribution in [3.8, 4) is 0 Å². The molecule has 2 rings (SSSR count). The average Bonchev–Trinajstić information content (AvgIpc) is 2.41. The molecule has 0 fully saturated rings. The molecule has 0 atom stereocenters. The van der Waals surface area contributed by atoms with Crippen LogP contribution in [-0.2, 0) is 0 Å². The quantitative estimate of drug-likeness (QED) is 0.838. The number of benzene rings is 1. The van der Waals surface area contributed by atoms with Crippen molar-refractivity contribution in [2.24, 2.45) is 0 Å². The molecule has 0 unspecified atom stereocenters. The van der Waals surface area contributed by atoms with Gasteiger partial charge in [-0.2, -0.15) is 0 Å². The summed E-state index contributed by atoms with van der Waals surface area (Å²) in [6.07, 6.45) is 4.80. The Hall–Kier alpha value is -2.03. The molecule has 100 valence electrons. The maximum Gasteiger partial charge on any atom is 0.0591 e. The Morgan fingerprint density at radius 2 is 1.84 bits per heavy atom. The Kier molecular flexibility index (Phi) is 4.39. The monoisotopic (exact) mass is 255 g/mol. The molecule has 0 saturated carbocycles. The van der Waals surface area contributed by atoms with E-state index in [0.717, 1.165) is 30.0 Å². The Morgan fingerprint density at radius 3 is 2.63 bits per heavy atom. The highest BCUT2D eigenvalue weighted by Crippen LogP contribution is 2.22. The highest BCUT2D eigenvalue weighted by Gasteiger charge is 2.01. The van der Waals surface area contributed by atoms with Crippen LogP contribution in [0.1, 0.15) is 24.5 Å². The third kappa shape index (κ3) is 3.71. The minimum Gasteiger partial charge on any atom is -0.384 e. The Labute approximate surface area is 115 Å². The van der Waals surface area contributed by atoms with Crippen molar-refractivity contribution in [3.05, 3.63) is 47.8 Å². The van der Waals surface area contributed by atoms with Gasteiger partial charge in [0.2, 0.25) is 0 Å². The van der Waals surface area contributed by atoms with Crippen molar-refractivity contribution in [1.82, 2.24) is 4.98 Å². The van der Waals surface area contributed by atoms with Crippen molar-refractivity contribution < 1.29 is 0 Å². The second kappa shape index (κ2) is 6.23. The van der Waals surface area contributed by atoms with Gasteiger partial charge in [0, 0.05) is 12.2 Å². The van der Waals surface area contributed by atoms with Crippen LogP contribution in [0, 0.1) is 13.8 Å². The zero-order valence-corrected chi connectivity index (χ0v) is 11.8. The second-order valence-electron chi connectivity index (χ2n) is 4.83. The van der Waals surface area contributed by atoms with Gasteiger partial charge in [-0.1, -0.05) is 19.1 Å². The highest BCUT2D eigenvalue weighted by atomic mass is 14.9. The fourth-order valence-corrected chi connectivity index (χ4v) is 1.90. The molecular weight excluding hydrogens is 234 g/mol. The van der Waals surface area contributed by atoms with Gasteiger partial charge < -0.3 is 10.6 Å². The molecule has 0 aliphatic heterocycles. The molecule has 1 aromatic carbocycles. The van der Waals surface area contributed by atoms with Gasteiger partial charge in [0.25, 0.3) is 0 Å². The largest absolute Gasteiger partial charge is 0.384 e. The van der Waals surface area contributed by atoms with Crippen LogP contribution in [0.25, 0.3) is 0 Å². The predicted octanol–water partition coefficient (Wildman–Crippen LogP) is 4.26. The summed E-state index contributed by atoms with van der Waals surface area (Å²) < 4.78 is 0. The van der Waals surface area contributed by atoms with E-state index >= 15 is 0 Å². The number of anilines is 3. The van der Waals surface area contributed by atoms with Crippen LogP contribution in [0.15, 0.2) is 36.7 Å². The minimum atomic E-state index is 0.967. The number of aromatic nitrogens is 1.